The Morgan fingerprint density at radius 2 is 1.92 bits per heavy atom. The van der Waals surface area contributed by atoms with E-state index in [1.165, 1.54) is 19.9 Å². The molecule has 12 heteroatoms. The van der Waals surface area contributed by atoms with Gasteiger partial charge in [-0.1, -0.05) is 6.07 Å². The fourth-order valence-electron chi connectivity index (χ4n) is 1.87. The van der Waals surface area contributed by atoms with Gasteiger partial charge in [0.25, 0.3) is 0 Å². The van der Waals surface area contributed by atoms with E-state index in [1.54, 1.807) is 0 Å². The van der Waals surface area contributed by atoms with Crippen molar-refractivity contribution in [2.24, 2.45) is 0 Å². The molecule has 0 aliphatic rings. The molecule has 0 saturated heterocycles. The Bertz CT molecular complexity index is 937. The van der Waals surface area contributed by atoms with E-state index < -0.39 is 39.0 Å². The van der Waals surface area contributed by atoms with E-state index in [4.69, 9.17) is 0 Å². The van der Waals surface area contributed by atoms with Gasteiger partial charge in [-0.15, -0.1) is 0 Å². The minimum absolute atomic E-state index is 0.0538. The van der Waals surface area contributed by atoms with Crippen molar-refractivity contribution in [3.05, 3.63) is 41.3 Å². The summed E-state index contributed by atoms with van der Waals surface area (Å²) in [5.74, 6) is -2.72. The first-order valence-electron chi connectivity index (χ1n) is 7.00. The maximum Gasteiger partial charge on any atom is 0.534 e. The van der Waals surface area contributed by atoms with Crippen molar-refractivity contribution >= 4 is 16.1 Å². The number of benzene rings is 1. The van der Waals surface area contributed by atoms with Crippen LogP contribution in [0.5, 0.6) is 5.88 Å². The number of rotatable bonds is 5. The molecule has 26 heavy (non-hydrogen) atoms. The summed E-state index contributed by atoms with van der Waals surface area (Å²) in [5, 5.41) is 3.69. The molecule has 0 aliphatic heterocycles. The average Bonchev–Trinajstić information content (AvgIpc) is 2.92. The highest BCUT2D eigenvalue weighted by molar-refractivity contribution is 7.87. The van der Waals surface area contributed by atoms with Crippen LogP contribution in [0.3, 0.4) is 0 Å². The second kappa shape index (κ2) is 6.94. The summed E-state index contributed by atoms with van der Waals surface area (Å²) in [7, 11) is -6.04. The zero-order valence-corrected chi connectivity index (χ0v) is 14.2. The SMILES string of the molecule is CCOC(=O)c1cc(OS(=O)(=O)C(F)(F)F)n(-c2cc(F)ccc2C)n1. The number of carbonyl (C=O) groups excluding carboxylic acids is 1. The number of nitrogens with zero attached hydrogens (tertiary/aromatic N) is 2. The lowest BCUT2D eigenvalue weighted by molar-refractivity contribution is -0.0502. The molecule has 0 spiro atoms. The molecule has 0 atom stereocenters. The highest BCUT2D eigenvalue weighted by Gasteiger charge is 2.49. The Hall–Kier alpha value is -2.63. The molecule has 0 unspecified atom stereocenters. The largest absolute Gasteiger partial charge is 0.534 e. The number of hydrogen-bond donors (Lipinski definition) is 0. The lowest BCUT2D eigenvalue weighted by Gasteiger charge is -2.12. The van der Waals surface area contributed by atoms with Crippen LogP contribution in [0.1, 0.15) is 23.0 Å². The highest BCUT2D eigenvalue weighted by atomic mass is 32.2. The number of carbonyl (C=O) groups is 1. The van der Waals surface area contributed by atoms with Crippen LogP contribution in [0.25, 0.3) is 5.69 Å². The Balaban J connectivity index is 2.62. The molecule has 0 N–H and O–H groups in total. The highest BCUT2D eigenvalue weighted by Crippen LogP contribution is 2.30. The normalized spacial score (nSPS) is 12.1. The number of esters is 1. The zero-order valence-electron chi connectivity index (χ0n) is 13.4. The van der Waals surface area contributed by atoms with Gasteiger partial charge in [-0.05, 0) is 31.5 Å². The molecule has 2 aromatic rings. The molecule has 142 valence electrons. The fourth-order valence-corrected chi connectivity index (χ4v) is 2.31. The van der Waals surface area contributed by atoms with Crippen LogP contribution in [0.2, 0.25) is 0 Å². The van der Waals surface area contributed by atoms with Gasteiger partial charge in [0, 0.05) is 6.07 Å². The van der Waals surface area contributed by atoms with Crippen LogP contribution in [-0.4, -0.2) is 36.3 Å². The molecule has 0 aliphatic carbocycles. The van der Waals surface area contributed by atoms with Gasteiger partial charge in [0.15, 0.2) is 5.69 Å². The molecule has 0 bridgehead atoms. The average molecular weight is 396 g/mol. The van der Waals surface area contributed by atoms with E-state index in [-0.39, 0.29) is 12.3 Å². The van der Waals surface area contributed by atoms with Crippen molar-refractivity contribution in [1.82, 2.24) is 9.78 Å². The molecule has 7 nitrogen and oxygen atoms in total. The van der Waals surface area contributed by atoms with E-state index in [0.717, 1.165) is 12.1 Å². The first-order valence-corrected chi connectivity index (χ1v) is 8.41. The fraction of sp³-hybridized carbons (Fsp3) is 0.286. The van der Waals surface area contributed by atoms with Gasteiger partial charge in [-0.25, -0.2) is 9.18 Å². The molecule has 2 rings (SSSR count). The van der Waals surface area contributed by atoms with Gasteiger partial charge >= 0.3 is 21.6 Å². The molecule has 0 radical (unpaired) electrons. The Kier molecular flexibility index (Phi) is 5.26. The number of hydrogen-bond acceptors (Lipinski definition) is 6. The summed E-state index contributed by atoms with van der Waals surface area (Å²) >= 11 is 0. The van der Waals surface area contributed by atoms with Crippen LogP contribution in [0.4, 0.5) is 17.6 Å². The van der Waals surface area contributed by atoms with Crippen molar-refractivity contribution in [3.63, 3.8) is 0 Å². The summed E-state index contributed by atoms with van der Waals surface area (Å²) in [6.45, 7) is 2.90. The van der Waals surface area contributed by atoms with Crippen molar-refractivity contribution in [3.8, 4) is 11.6 Å². The number of halogens is 4. The molecule has 1 aromatic heterocycles. The maximum absolute atomic E-state index is 13.5. The monoisotopic (exact) mass is 396 g/mol. The Morgan fingerprint density at radius 3 is 2.50 bits per heavy atom. The van der Waals surface area contributed by atoms with Crippen molar-refractivity contribution in [2.45, 2.75) is 19.4 Å². The Morgan fingerprint density at radius 1 is 1.27 bits per heavy atom. The first-order chi connectivity index (χ1) is 12.0. The predicted molar refractivity (Wildman–Crippen MR) is 79.8 cm³/mol. The van der Waals surface area contributed by atoms with Gasteiger partial charge in [-0.3, -0.25) is 0 Å². The summed E-state index contributed by atoms with van der Waals surface area (Å²) in [4.78, 5) is 11.8. The van der Waals surface area contributed by atoms with Gasteiger partial charge < -0.3 is 8.92 Å². The summed E-state index contributed by atoms with van der Waals surface area (Å²) < 4.78 is 83.2. The lowest BCUT2D eigenvalue weighted by Crippen LogP contribution is -2.28. The first kappa shape index (κ1) is 19.7. The van der Waals surface area contributed by atoms with Crippen molar-refractivity contribution in [1.29, 1.82) is 0 Å². The number of aromatic nitrogens is 2. The molecule has 1 heterocycles. The van der Waals surface area contributed by atoms with Crippen molar-refractivity contribution in [2.75, 3.05) is 6.61 Å². The smallest absolute Gasteiger partial charge is 0.461 e. The third-order valence-electron chi connectivity index (χ3n) is 3.04. The summed E-state index contributed by atoms with van der Waals surface area (Å²) in [6, 6.07) is 3.93. The number of ether oxygens (including phenoxy) is 1. The molecule has 0 amide bonds. The second-order valence-electron chi connectivity index (χ2n) is 4.91. The van der Waals surface area contributed by atoms with Crippen molar-refractivity contribution < 1.29 is 39.7 Å². The van der Waals surface area contributed by atoms with E-state index in [9.17, 15) is 30.8 Å². The van der Waals surface area contributed by atoms with E-state index >= 15 is 0 Å². The van der Waals surface area contributed by atoms with E-state index in [2.05, 4.69) is 14.0 Å². The maximum atomic E-state index is 13.5. The van der Waals surface area contributed by atoms with Gasteiger partial charge in [0.1, 0.15) is 5.82 Å². The van der Waals surface area contributed by atoms with Crippen LogP contribution >= 0.6 is 0 Å². The van der Waals surface area contributed by atoms with Gasteiger partial charge in [-0.2, -0.15) is 31.4 Å². The topological polar surface area (TPSA) is 87.5 Å². The molecule has 1 aromatic carbocycles. The molecule has 0 fully saturated rings. The minimum Gasteiger partial charge on any atom is -0.461 e. The quantitative estimate of drug-likeness (QED) is 0.334. The predicted octanol–water partition coefficient (Wildman–Crippen LogP) is 2.72. The van der Waals surface area contributed by atoms with Gasteiger partial charge in [0.2, 0.25) is 5.88 Å². The van der Waals surface area contributed by atoms with Gasteiger partial charge in [0.05, 0.1) is 12.3 Å². The van der Waals surface area contributed by atoms with E-state index in [0.29, 0.717) is 16.3 Å². The number of aryl methyl sites for hydroxylation is 1. The van der Waals surface area contributed by atoms with Crippen LogP contribution in [-0.2, 0) is 14.9 Å². The summed E-state index contributed by atoms with van der Waals surface area (Å²) in [6.07, 6.45) is 0. The standard InChI is InChI=1S/C14H12F4N2O5S/c1-3-24-13(21)10-7-12(25-26(22,23)14(16,17)18)20(19-10)11-6-9(15)5-4-8(11)2/h4-7H,3H2,1-2H3. The Labute approximate surface area is 145 Å². The van der Waals surface area contributed by atoms with E-state index in [1.807, 2.05) is 0 Å². The third-order valence-corrected chi connectivity index (χ3v) is 4.00. The number of alkyl halides is 3. The minimum atomic E-state index is -6.04. The van der Waals surface area contributed by atoms with Crippen LogP contribution < -0.4 is 4.18 Å². The van der Waals surface area contributed by atoms with Crippen LogP contribution in [0.15, 0.2) is 24.3 Å². The molecular weight excluding hydrogens is 384 g/mol. The van der Waals surface area contributed by atoms with Crippen LogP contribution in [0, 0.1) is 12.7 Å². The zero-order chi connectivity index (χ0) is 19.7. The lowest BCUT2D eigenvalue weighted by atomic mass is 10.2. The molecule has 0 saturated carbocycles. The second-order valence-corrected chi connectivity index (χ2v) is 6.45. The third kappa shape index (κ3) is 3.95. The summed E-state index contributed by atoms with van der Waals surface area (Å²) in [5.41, 5.74) is -6.00. The molecular formula is C14H12F4N2O5S.